The summed E-state index contributed by atoms with van der Waals surface area (Å²) in [5.74, 6) is 1.89. The lowest BCUT2D eigenvalue weighted by atomic mass is 9.93. The first-order chi connectivity index (χ1) is 8.88. The summed E-state index contributed by atoms with van der Waals surface area (Å²) in [6, 6.07) is 8.57. The summed E-state index contributed by atoms with van der Waals surface area (Å²) < 4.78 is 5.45. The van der Waals surface area contributed by atoms with Crippen LogP contribution in [0.2, 0.25) is 0 Å². The quantitative estimate of drug-likeness (QED) is 0.832. The maximum absolute atomic E-state index is 5.45. The van der Waals surface area contributed by atoms with Gasteiger partial charge in [-0.2, -0.15) is 0 Å². The van der Waals surface area contributed by atoms with E-state index >= 15 is 0 Å². The number of hydrogen-bond donors (Lipinski definition) is 1. The van der Waals surface area contributed by atoms with Crippen LogP contribution in [-0.2, 0) is 6.42 Å². The summed E-state index contributed by atoms with van der Waals surface area (Å²) >= 11 is 0. The Labute approximate surface area is 111 Å². The fourth-order valence-electron chi connectivity index (χ4n) is 2.68. The topological polar surface area (TPSA) is 21.3 Å². The molecule has 1 aliphatic rings. The van der Waals surface area contributed by atoms with E-state index < -0.39 is 0 Å². The zero-order valence-electron chi connectivity index (χ0n) is 11.5. The maximum atomic E-state index is 5.45. The van der Waals surface area contributed by atoms with E-state index in [1.54, 1.807) is 0 Å². The Morgan fingerprint density at radius 3 is 2.78 bits per heavy atom. The molecule has 0 aromatic heterocycles. The van der Waals surface area contributed by atoms with Gasteiger partial charge in [-0.1, -0.05) is 12.1 Å². The summed E-state index contributed by atoms with van der Waals surface area (Å²) in [6.07, 6.45) is 6.63. The Balaban J connectivity index is 1.69. The summed E-state index contributed by atoms with van der Waals surface area (Å²) in [7, 11) is 0. The molecule has 18 heavy (non-hydrogen) atoms. The SMILES string of the molecule is CCOc1ccc(CCC[C@@H]2CCCNC2)cc1. The largest absolute Gasteiger partial charge is 0.494 e. The van der Waals surface area contributed by atoms with E-state index in [1.807, 2.05) is 6.92 Å². The molecule has 1 aromatic rings. The number of benzene rings is 1. The highest BCUT2D eigenvalue weighted by Gasteiger charge is 2.11. The molecular weight excluding hydrogens is 222 g/mol. The molecule has 0 aliphatic carbocycles. The van der Waals surface area contributed by atoms with Crippen LogP contribution in [0.25, 0.3) is 0 Å². The van der Waals surface area contributed by atoms with Gasteiger partial charge >= 0.3 is 0 Å². The van der Waals surface area contributed by atoms with E-state index in [0.717, 1.165) is 18.3 Å². The minimum Gasteiger partial charge on any atom is -0.494 e. The lowest BCUT2D eigenvalue weighted by molar-refractivity contribution is 0.340. The summed E-state index contributed by atoms with van der Waals surface area (Å²) in [5.41, 5.74) is 1.43. The molecule has 1 saturated heterocycles. The Morgan fingerprint density at radius 2 is 2.11 bits per heavy atom. The van der Waals surface area contributed by atoms with Crippen molar-refractivity contribution in [1.82, 2.24) is 5.32 Å². The molecule has 1 heterocycles. The highest BCUT2D eigenvalue weighted by molar-refractivity contribution is 5.27. The Kier molecular flexibility index (Phi) is 5.53. The fraction of sp³-hybridized carbons (Fsp3) is 0.625. The lowest BCUT2D eigenvalue weighted by Crippen LogP contribution is -2.29. The van der Waals surface area contributed by atoms with E-state index in [4.69, 9.17) is 4.74 Å². The minimum atomic E-state index is 0.744. The van der Waals surface area contributed by atoms with Crippen molar-refractivity contribution in [3.05, 3.63) is 29.8 Å². The summed E-state index contributed by atoms with van der Waals surface area (Å²) in [4.78, 5) is 0. The monoisotopic (exact) mass is 247 g/mol. The first kappa shape index (κ1) is 13.4. The minimum absolute atomic E-state index is 0.744. The van der Waals surface area contributed by atoms with Crippen LogP contribution >= 0.6 is 0 Å². The third-order valence-corrected chi connectivity index (χ3v) is 3.71. The molecule has 100 valence electrons. The molecule has 2 heteroatoms. The molecule has 1 atom stereocenters. The maximum Gasteiger partial charge on any atom is 0.119 e. The molecule has 2 nitrogen and oxygen atoms in total. The van der Waals surface area contributed by atoms with Crippen LogP contribution in [-0.4, -0.2) is 19.7 Å². The summed E-state index contributed by atoms with van der Waals surface area (Å²) in [5, 5.41) is 3.49. The highest BCUT2D eigenvalue weighted by Crippen LogP contribution is 2.19. The number of rotatable bonds is 6. The van der Waals surface area contributed by atoms with Crippen molar-refractivity contribution in [1.29, 1.82) is 0 Å². The molecule has 0 radical (unpaired) electrons. The van der Waals surface area contributed by atoms with Gasteiger partial charge in [0.2, 0.25) is 0 Å². The van der Waals surface area contributed by atoms with Gasteiger partial charge in [0.1, 0.15) is 5.75 Å². The van der Waals surface area contributed by atoms with E-state index in [2.05, 4.69) is 29.6 Å². The molecule has 2 rings (SSSR count). The van der Waals surface area contributed by atoms with E-state index in [1.165, 1.54) is 50.8 Å². The standard InChI is InChI=1S/C16H25NO/c1-2-18-16-10-8-14(9-11-16)5-3-6-15-7-4-12-17-13-15/h8-11,15,17H,2-7,12-13H2,1H3/t15-/m1/s1. The zero-order chi connectivity index (χ0) is 12.6. The van der Waals surface area contributed by atoms with Crippen LogP contribution in [0.5, 0.6) is 5.75 Å². The predicted octanol–water partition coefficient (Wildman–Crippen LogP) is 3.41. The summed E-state index contributed by atoms with van der Waals surface area (Å²) in [6.45, 7) is 5.21. The lowest BCUT2D eigenvalue weighted by Gasteiger charge is -2.22. The fourth-order valence-corrected chi connectivity index (χ4v) is 2.68. The van der Waals surface area contributed by atoms with Gasteiger partial charge in [-0.3, -0.25) is 0 Å². The van der Waals surface area contributed by atoms with E-state index in [0.29, 0.717) is 0 Å². The van der Waals surface area contributed by atoms with Gasteiger partial charge in [-0.05, 0) is 75.7 Å². The average Bonchev–Trinajstić information content (AvgIpc) is 2.42. The molecule has 0 amide bonds. The second kappa shape index (κ2) is 7.42. The average molecular weight is 247 g/mol. The number of piperidine rings is 1. The number of nitrogens with one attached hydrogen (secondary N) is 1. The van der Waals surface area contributed by atoms with Crippen LogP contribution in [0.3, 0.4) is 0 Å². The number of aryl methyl sites for hydroxylation is 1. The van der Waals surface area contributed by atoms with Crippen molar-refractivity contribution in [2.45, 2.75) is 39.0 Å². The van der Waals surface area contributed by atoms with Gasteiger partial charge in [-0.15, -0.1) is 0 Å². The van der Waals surface area contributed by atoms with Gasteiger partial charge in [0.25, 0.3) is 0 Å². The van der Waals surface area contributed by atoms with Gasteiger partial charge < -0.3 is 10.1 Å². The Morgan fingerprint density at radius 1 is 1.28 bits per heavy atom. The predicted molar refractivity (Wildman–Crippen MR) is 76.1 cm³/mol. The molecule has 1 aromatic carbocycles. The van der Waals surface area contributed by atoms with Crippen molar-refractivity contribution in [2.24, 2.45) is 5.92 Å². The number of ether oxygens (including phenoxy) is 1. The van der Waals surface area contributed by atoms with Crippen molar-refractivity contribution in [2.75, 3.05) is 19.7 Å². The molecule has 1 N–H and O–H groups in total. The zero-order valence-corrected chi connectivity index (χ0v) is 11.5. The van der Waals surface area contributed by atoms with Crippen molar-refractivity contribution >= 4 is 0 Å². The molecule has 1 aliphatic heterocycles. The van der Waals surface area contributed by atoms with Crippen molar-refractivity contribution < 1.29 is 4.74 Å². The van der Waals surface area contributed by atoms with Crippen molar-refractivity contribution in [3.8, 4) is 5.75 Å². The van der Waals surface area contributed by atoms with Crippen LogP contribution in [0, 0.1) is 5.92 Å². The van der Waals surface area contributed by atoms with Gasteiger partial charge in [0.05, 0.1) is 6.61 Å². The number of hydrogen-bond acceptors (Lipinski definition) is 2. The van der Waals surface area contributed by atoms with E-state index in [-0.39, 0.29) is 0 Å². The van der Waals surface area contributed by atoms with Gasteiger partial charge in [0, 0.05) is 0 Å². The van der Waals surface area contributed by atoms with E-state index in [9.17, 15) is 0 Å². The molecule has 0 spiro atoms. The van der Waals surface area contributed by atoms with Gasteiger partial charge in [0.15, 0.2) is 0 Å². The van der Waals surface area contributed by atoms with Gasteiger partial charge in [-0.25, -0.2) is 0 Å². The highest BCUT2D eigenvalue weighted by atomic mass is 16.5. The molecule has 0 unspecified atom stereocenters. The molecule has 0 bridgehead atoms. The normalized spacial score (nSPS) is 19.7. The van der Waals surface area contributed by atoms with Crippen LogP contribution in [0.4, 0.5) is 0 Å². The van der Waals surface area contributed by atoms with Crippen LogP contribution < -0.4 is 10.1 Å². The smallest absolute Gasteiger partial charge is 0.119 e. The Bertz CT molecular complexity index is 327. The van der Waals surface area contributed by atoms with Crippen LogP contribution in [0.15, 0.2) is 24.3 Å². The first-order valence-corrected chi connectivity index (χ1v) is 7.31. The van der Waals surface area contributed by atoms with Crippen LogP contribution in [0.1, 0.15) is 38.2 Å². The third kappa shape index (κ3) is 4.34. The Hall–Kier alpha value is -1.02. The molecule has 1 fully saturated rings. The second-order valence-corrected chi connectivity index (χ2v) is 5.18. The molecular formula is C16H25NO. The first-order valence-electron chi connectivity index (χ1n) is 7.31. The molecule has 0 saturated carbocycles. The third-order valence-electron chi connectivity index (χ3n) is 3.71. The second-order valence-electron chi connectivity index (χ2n) is 5.18. The van der Waals surface area contributed by atoms with Crippen molar-refractivity contribution in [3.63, 3.8) is 0 Å².